The van der Waals surface area contributed by atoms with Crippen molar-refractivity contribution in [3.8, 4) is 11.5 Å². The Hall–Kier alpha value is -1.42. The lowest BCUT2D eigenvalue weighted by molar-refractivity contribution is -0.00000456. The van der Waals surface area contributed by atoms with E-state index in [2.05, 4.69) is 5.32 Å². The van der Waals surface area contributed by atoms with Crippen LogP contribution in [0.5, 0.6) is 11.5 Å². The maximum atomic E-state index is 6.14. The summed E-state index contributed by atoms with van der Waals surface area (Å²) in [5.74, 6) is 1.48. The summed E-state index contributed by atoms with van der Waals surface area (Å²) in [4.78, 5) is 0. The molecular weight excluding hydrogens is 309 g/mol. The average Bonchev–Trinajstić information content (AvgIpc) is 2.47. The van der Waals surface area contributed by atoms with Gasteiger partial charge in [-0.3, -0.25) is 0 Å². The van der Waals surface area contributed by atoms with Crippen LogP contribution in [0.25, 0.3) is 0 Å². The highest BCUT2D eigenvalue weighted by Crippen LogP contribution is 2.32. The number of methoxy groups -OCH3 is 1. The molecular formula is C16H18Cl2NO2-. The van der Waals surface area contributed by atoms with Gasteiger partial charge in [0.25, 0.3) is 0 Å². The number of hydrogen-bond donors (Lipinski definition) is 1. The van der Waals surface area contributed by atoms with E-state index in [1.807, 2.05) is 49.5 Å². The summed E-state index contributed by atoms with van der Waals surface area (Å²) in [5.41, 5.74) is 2.01. The largest absolute Gasteiger partial charge is 1.00 e. The van der Waals surface area contributed by atoms with Gasteiger partial charge in [0.2, 0.25) is 0 Å². The molecule has 114 valence electrons. The first-order valence-corrected chi connectivity index (χ1v) is 6.80. The van der Waals surface area contributed by atoms with Crippen molar-refractivity contribution in [3.63, 3.8) is 0 Å². The van der Waals surface area contributed by atoms with Crippen LogP contribution < -0.4 is 27.2 Å². The molecule has 0 bridgehead atoms. The Morgan fingerprint density at radius 1 is 1.05 bits per heavy atom. The van der Waals surface area contributed by atoms with Gasteiger partial charge in [-0.05, 0) is 19.2 Å². The van der Waals surface area contributed by atoms with Gasteiger partial charge in [-0.25, -0.2) is 0 Å². The zero-order valence-electron chi connectivity index (χ0n) is 12.0. The standard InChI is InChI=1S/C16H18ClNO2.ClH/c1-18-10-12-7-5-9-15(19-2)16(12)20-11-13-6-3-4-8-14(13)17;/h3-9,18H,10-11H2,1-2H3;1H/p-1. The second-order valence-corrected chi connectivity index (χ2v) is 4.77. The molecule has 0 heterocycles. The lowest BCUT2D eigenvalue weighted by Gasteiger charge is -2.15. The molecule has 5 heteroatoms. The van der Waals surface area contributed by atoms with Crippen molar-refractivity contribution >= 4 is 11.6 Å². The van der Waals surface area contributed by atoms with Crippen molar-refractivity contribution in [1.82, 2.24) is 5.32 Å². The Labute approximate surface area is 136 Å². The molecule has 0 aromatic heterocycles. The van der Waals surface area contributed by atoms with Crippen molar-refractivity contribution in [2.45, 2.75) is 13.2 Å². The fraction of sp³-hybridized carbons (Fsp3) is 0.250. The molecule has 0 spiro atoms. The van der Waals surface area contributed by atoms with Gasteiger partial charge >= 0.3 is 0 Å². The third-order valence-electron chi connectivity index (χ3n) is 2.98. The summed E-state index contributed by atoms with van der Waals surface area (Å²) in [6.45, 7) is 1.13. The lowest BCUT2D eigenvalue weighted by Crippen LogP contribution is -3.00. The van der Waals surface area contributed by atoms with Crippen LogP contribution in [0, 0.1) is 0 Å². The molecule has 21 heavy (non-hydrogen) atoms. The van der Waals surface area contributed by atoms with Crippen molar-refractivity contribution < 1.29 is 21.9 Å². The molecule has 3 nitrogen and oxygen atoms in total. The quantitative estimate of drug-likeness (QED) is 0.845. The predicted octanol–water partition coefficient (Wildman–Crippen LogP) is 0.651. The SMILES string of the molecule is CNCc1cccc(OC)c1OCc1ccccc1Cl.[Cl-]. The number of halogens is 2. The molecule has 0 saturated carbocycles. The van der Waals surface area contributed by atoms with Gasteiger partial charge in [-0.1, -0.05) is 41.9 Å². The summed E-state index contributed by atoms with van der Waals surface area (Å²) >= 11 is 6.14. The van der Waals surface area contributed by atoms with Crippen LogP contribution in [-0.4, -0.2) is 14.2 Å². The van der Waals surface area contributed by atoms with E-state index in [1.54, 1.807) is 7.11 Å². The number of nitrogens with one attached hydrogen (secondary N) is 1. The summed E-state index contributed by atoms with van der Waals surface area (Å²) in [7, 11) is 3.54. The van der Waals surface area contributed by atoms with Gasteiger partial charge in [0.05, 0.1) is 7.11 Å². The second kappa shape index (κ2) is 8.78. The zero-order chi connectivity index (χ0) is 14.4. The van der Waals surface area contributed by atoms with E-state index in [1.165, 1.54) is 0 Å². The Balaban J connectivity index is 0.00000220. The van der Waals surface area contributed by atoms with Crippen molar-refractivity contribution in [3.05, 3.63) is 58.6 Å². The van der Waals surface area contributed by atoms with Gasteiger partial charge in [0.15, 0.2) is 11.5 Å². The molecule has 0 aliphatic carbocycles. The third kappa shape index (κ3) is 4.53. The van der Waals surface area contributed by atoms with Crippen molar-refractivity contribution in [1.29, 1.82) is 0 Å². The fourth-order valence-corrected chi connectivity index (χ4v) is 2.17. The monoisotopic (exact) mass is 326 g/mol. The summed E-state index contributed by atoms with van der Waals surface area (Å²) in [5, 5.41) is 3.83. The number of rotatable bonds is 6. The molecule has 0 amide bonds. The first-order chi connectivity index (χ1) is 9.76. The van der Waals surface area contributed by atoms with Gasteiger partial charge in [0.1, 0.15) is 6.61 Å². The first-order valence-electron chi connectivity index (χ1n) is 6.43. The summed E-state index contributed by atoms with van der Waals surface area (Å²) < 4.78 is 11.3. The molecule has 1 N–H and O–H groups in total. The highest BCUT2D eigenvalue weighted by atomic mass is 35.5. The number of ether oxygens (including phenoxy) is 2. The van der Waals surface area contributed by atoms with E-state index in [-0.39, 0.29) is 12.4 Å². The van der Waals surface area contributed by atoms with Crippen LogP contribution in [0.1, 0.15) is 11.1 Å². The molecule has 2 aromatic rings. The lowest BCUT2D eigenvalue weighted by atomic mass is 10.1. The molecule has 0 aliphatic rings. The van der Waals surface area contributed by atoms with Crippen LogP contribution in [0.15, 0.2) is 42.5 Å². The molecule has 0 aliphatic heterocycles. The molecule has 0 saturated heterocycles. The van der Waals surface area contributed by atoms with E-state index in [0.29, 0.717) is 11.6 Å². The second-order valence-electron chi connectivity index (χ2n) is 4.36. The van der Waals surface area contributed by atoms with Crippen molar-refractivity contribution in [2.75, 3.05) is 14.2 Å². The first kappa shape index (κ1) is 17.6. The van der Waals surface area contributed by atoms with E-state index in [9.17, 15) is 0 Å². The molecule has 0 radical (unpaired) electrons. The van der Waals surface area contributed by atoms with Gasteiger partial charge in [-0.15, -0.1) is 0 Å². The Morgan fingerprint density at radius 2 is 1.76 bits per heavy atom. The third-order valence-corrected chi connectivity index (χ3v) is 3.35. The van der Waals surface area contributed by atoms with Crippen LogP contribution in [0.2, 0.25) is 5.02 Å². The molecule has 0 fully saturated rings. The van der Waals surface area contributed by atoms with E-state index < -0.39 is 0 Å². The highest BCUT2D eigenvalue weighted by molar-refractivity contribution is 6.31. The van der Waals surface area contributed by atoms with Crippen molar-refractivity contribution in [2.24, 2.45) is 0 Å². The smallest absolute Gasteiger partial charge is 0.166 e. The van der Waals surface area contributed by atoms with E-state index in [4.69, 9.17) is 21.1 Å². The zero-order valence-corrected chi connectivity index (χ0v) is 13.5. The summed E-state index contributed by atoms with van der Waals surface area (Å²) in [6.07, 6.45) is 0. The molecule has 0 atom stereocenters. The average molecular weight is 327 g/mol. The number of para-hydroxylation sites is 1. The maximum Gasteiger partial charge on any atom is 0.166 e. The van der Waals surface area contributed by atoms with Gasteiger partial charge in [0, 0.05) is 22.7 Å². The van der Waals surface area contributed by atoms with Gasteiger partial charge < -0.3 is 27.2 Å². The minimum absolute atomic E-state index is 0. The van der Waals surface area contributed by atoms with Crippen LogP contribution in [0.3, 0.4) is 0 Å². The van der Waals surface area contributed by atoms with Crippen LogP contribution in [0.4, 0.5) is 0 Å². The Kier molecular flexibility index (Phi) is 7.37. The Morgan fingerprint density at radius 3 is 2.43 bits per heavy atom. The van der Waals surface area contributed by atoms with Crippen LogP contribution in [-0.2, 0) is 13.2 Å². The van der Waals surface area contributed by atoms with Gasteiger partial charge in [-0.2, -0.15) is 0 Å². The summed E-state index contributed by atoms with van der Waals surface area (Å²) in [6, 6.07) is 13.5. The number of hydrogen-bond acceptors (Lipinski definition) is 3. The topological polar surface area (TPSA) is 30.5 Å². The highest BCUT2D eigenvalue weighted by Gasteiger charge is 2.11. The predicted molar refractivity (Wildman–Crippen MR) is 81.5 cm³/mol. The van der Waals surface area contributed by atoms with Crippen LogP contribution >= 0.6 is 11.6 Å². The molecule has 2 aromatic carbocycles. The molecule has 0 unspecified atom stereocenters. The van der Waals surface area contributed by atoms with E-state index in [0.717, 1.165) is 29.2 Å². The minimum atomic E-state index is 0. The van der Waals surface area contributed by atoms with E-state index >= 15 is 0 Å². The Bertz CT molecular complexity index is 576. The minimum Gasteiger partial charge on any atom is -1.00 e. The normalized spacial score (nSPS) is 9.86. The maximum absolute atomic E-state index is 6.14. The fourth-order valence-electron chi connectivity index (χ4n) is 1.98. The number of benzene rings is 2. The molecule has 2 rings (SSSR count).